The van der Waals surface area contributed by atoms with Gasteiger partial charge in [-0.25, -0.2) is 0 Å². The number of carbonyl (C=O) groups is 3. The van der Waals surface area contributed by atoms with E-state index in [2.05, 4.69) is 20.9 Å². The van der Waals surface area contributed by atoms with Crippen molar-refractivity contribution in [3.63, 3.8) is 0 Å². The predicted molar refractivity (Wildman–Crippen MR) is 118 cm³/mol. The van der Waals surface area contributed by atoms with E-state index in [-0.39, 0.29) is 29.7 Å². The first kappa shape index (κ1) is 23.9. The van der Waals surface area contributed by atoms with Gasteiger partial charge in [0.25, 0.3) is 0 Å². The fourth-order valence-electron chi connectivity index (χ4n) is 3.58. The zero-order chi connectivity index (χ0) is 21.9. The summed E-state index contributed by atoms with van der Waals surface area (Å²) in [4.78, 5) is 39.3. The number of nitrogens with one attached hydrogen (secondary N) is 3. The standard InChI is InChI=1S/C23H36N4O3/c1-4-12-24-21(29)16-27-13-10-19(11-14-27)25-23(30)22(18-8-6-5-7-9-18)26-20(28)15-17(2)3/h5-9,17,19,22H,4,10-16H2,1-3H3,(H,24,29)(H,25,30)(H,26,28). The smallest absolute Gasteiger partial charge is 0.247 e. The van der Waals surface area contributed by atoms with Crippen LogP contribution in [0.5, 0.6) is 0 Å². The van der Waals surface area contributed by atoms with Gasteiger partial charge in [0.15, 0.2) is 0 Å². The van der Waals surface area contributed by atoms with Gasteiger partial charge in [-0.2, -0.15) is 0 Å². The Hall–Kier alpha value is -2.41. The number of benzene rings is 1. The summed E-state index contributed by atoms with van der Waals surface area (Å²) >= 11 is 0. The van der Waals surface area contributed by atoms with Crippen LogP contribution < -0.4 is 16.0 Å². The third-order valence-corrected chi connectivity index (χ3v) is 5.17. The van der Waals surface area contributed by atoms with Crippen LogP contribution in [0.1, 0.15) is 58.1 Å². The molecule has 0 saturated carbocycles. The zero-order valence-electron chi connectivity index (χ0n) is 18.4. The fourth-order valence-corrected chi connectivity index (χ4v) is 3.58. The summed E-state index contributed by atoms with van der Waals surface area (Å²) in [7, 11) is 0. The Morgan fingerprint density at radius 2 is 1.73 bits per heavy atom. The molecule has 2 rings (SSSR count). The van der Waals surface area contributed by atoms with E-state index in [1.54, 1.807) is 0 Å². The van der Waals surface area contributed by atoms with Crippen molar-refractivity contribution < 1.29 is 14.4 Å². The topological polar surface area (TPSA) is 90.5 Å². The first-order valence-electron chi connectivity index (χ1n) is 11.0. The maximum absolute atomic E-state index is 13.0. The van der Waals surface area contributed by atoms with Crippen LogP contribution >= 0.6 is 0 Å². The third kappa shape index (κ3) is 8.14. The van der Waals surface area contributed by atoms with E-state index in [0.29, 0.717) is 19.5 Å². The van der Waals surface area contributed by atoms with Crippen molar-refractivity contribution in [2.45, 2.75) is 58.5 Å². The highest BCUT2D eigenvalue weighted by molar-refractivity contribution is 5.88. The van der Waals surface area contributed by atoms with E-state index in [4.69, 9.17) is 0 Å². The van der Waals surface area contributed by atoms with Gasteiger partial charge in [-0.3, -0.25) is 19.3 Å². The second-order valence-electron chi connectivity index (χ2n) is 8.42. The lowest BCUT2D eigenvalue weighted by Crippen LogP contribution is -2.50. The summed E-state index contributed by atoms with van der Waals surface area (Å²) < 4.78 is 0. The van der Waals surface area contributed by atoms with Crippen molar-refractivity contribution in [1.29, 1.82) is 0 Å². The second kappa shape index (κ2) is 12.3. The molecule has 7 heteroatoms. The van der Waals surface area contributed by atoms with Crippen molar-refractivity contribution in [2.24, 2.45) is 5.92 Å². The minimum atomic E-state index is -0.699. The molecule has 30 heavy (non-hydrogen) atoms. The van der Waals surface area contributed by atoms with Gasteiger partial charge in [0.2, 0.25) is 17.7 Å². The Kier molecular flexibility index (Phi) is 9.80. The number of amides is 3. The van der Waals surface area contributed by atoms with Crippen LogP contribution in [-0.4, -0.2) is 54.8 Å². The number of hydrogen-bond donors (Lipinski definition) is 3. The zero-order valence-corrected chi connectivity index (χ0v) is 18.4. The molecule has 1 heterocycles. The number of carbonyl (C=O) groups excluding carboxylic acids is 3. The van der Waals surface area contributed by atoms with Crippen LogP contribution in [0, 0.1) is 5.92 Å². The molecule has 7 nitrogen and oxygen atoms in total. The summed E-state index contributed by atoms with van der Waals surface area (Å²) in [6.45, 7) is 8.62. The first-order chi connectivity index (χ1) is 14.4. The van der Waals surface area contributed by atoms with Gasteiger partial charge in [-0.15, -0.1) is 0 Å². The van der Waals surface area contributed by atoms with Crippen LogP contribution in [0.25, 0.3) is 0 Å². The molecule has 0 aliphatic carbocycles. The number of hydrogen-bond acceptors (Lipinski definition) is 4. The number of piperidine rings is 1. The third-order valence-electron chi connectivity index (χ3n) is 5.17. The second-order valence-corrected chi connectivity index (χ2v) is 8.42. The Balaban J connectivity index is 1.89. The molecule has 3 amide bonds. The van der Waals surface area contributed by atoms with E-state index in [1.165, 1.54) is 0 Å². The number of rotatable bonds is 10. The van der Waals surface area contributed by atoms with Crippen LogP contribution in [0.4, 0.5) is 0 Å². The van der Waals surface area contributed by atoms with Crippen LogP contribution in [0.15, 0.2) is 30.3 Å². The highest BCUT2D eigenvalue weighted by Gasteiger charge is 2.27. The summed E-state index contributed by atoms with van der Waals surface area (Å²) in [5.41, 5.74) is 0.775. The molecule has 1 atom stereocenters. The number of nitrogens with zero attached hydrogens (tertiary/aromatic N) is 1. The van der Waals surface area contributed by atoms with Crippen molar-refractivity contribution >= 4 is 17.7 Å². The molecule has 1 unspecified atom stereocenters. The maximum Gasteiger partial charge on any atom is 0.247 e. The minimum absolute atomic E-state index is 0.0423. The quantitative estimate of drug-likeness (QED) is 0.544. The molecule has 0 aromatic heterocycles. The van der Waals surface area contributed by atoms with E-state index >= 15 is 0 Å². The molecule has 1 aromatic carbocycles. The molecular weight excluding hydrogens is 380 g/mol. The van der Waals surface area contributed by atoms with E-state index < -0.39 is 6.04 Å². The molecule has 1 fully saturated rings. The van der Waals surface area contributed by atoms with E-state index in [9.17, 15) is 14.4 Å². The van der Waals surface area contributed by atoms with Gasteiger partial charge < -0.3 is 16.0 Å². The molecular formula is C23H36N4O3. The predicted octanol–water partition coefficient (Wildman–Crippen LogP) is 2.00. The minimum Gasteiger partial charge on any atom is -0.355 e. The van der Waals surface area contributed by atoms with Gasteiger partial charge in [-0.05, 0) is 30.7 Å². The lowest BCUT2D eigenvalue weighted by atomic mass is 10.0. The lowest BCUT2D eigenvalue weighted by molar-refractivity contribution is -0.130. The molecule has 1 aromatic rings. The normalized spacial score (nSPS) is 16.1. The summed E-state index contributed by atoms with van der Waals surface area (Å²) in [6, 6.07) is 8.68. The molecule has 1 aliphatic rings. The van der Waals surface area contributed by atoms with Crippen molar-refractivity contribution in [2.75, 3.05) is 26.2 Å². The van der Waals surface area contributed by atoms with Crippen molar-refractivity contribution in [3.8, 4) is 0 Å². The molecule has 1 saturated heterocycles. The maximum atomic E-state index is 13.0. The molecule has 1 aliphatic heterocycles. The summed E-state index contributed by atoms with van der Waals surface area (Å²) in [5, 5.41) is 8.89. The van der Waals surface area contributed by atoms with E-state index in [0.717, 1.165) is 37.9 Å². The van der Waals surface area contributed by atoms with Gasteiger partial charge in [0.1, 0.15) is 6.04 Å². The lowest BCUT2D eigenvalue weighted by Gasteiger charge is -2.32. The van der Waals surface area contributed by atoms with Gasteiger partial charge in [0.05, 0.1) is 6.54 Å². The van der Waals surface area contributed by atoms with Crippen molar-refractivity contribution in [1.82, 2.24) is 20.9 Å². The number of likely N-dealkylation sites (tertiary alicyclic amines) is 1. The van der Waals surface area contributed by atoms with Crippen molar-refractivity contribution in [3.05, 3.63) is 35.9 Å². The molecule has 166 valence electrons. The largest absolute Gasteiger partial charge is 0.355 e. The van der Waals surface area contributed by atoms with Gasteiger partial charge >= 0.3 is 0 Å². The highest BCUT2D eigenvalue weighted by Crippen LogP contribution is 2.16. The highest BCUT2D eigenvalue weighted by atomic mass is 16.2. The summed E-state index contributed by atoms with van der Waals surface area (Å²) in [5.74, 6) is -0.0287. The Bertz CT molecular complexity index is 685. The fraction of sp³-hybridized carbons (Fsp3) is 0.609. The van der Waals surface area contributed by atoms with Gasteiger partial charge in [0, 0.05) is 32.1 Å². The van der Waals surface area contributed by atoms with E-state index in [1.807, 2.05) is 51.1 Å². The Morgan fingerprint density at radius 3 is 2.33 bits per heavy atom. The average molecular weight is 417 g/mol. The molecule has 0 radical (unpaired) electrons. The SMILES string of the molecule is CCCNC(=O)CN1CCC(NC(=O)C(NC(=O)CC(C)C)c2ccccc2)CC1. The molecule has 0 spiro atoms. The first-order valence-corrected chi connectivity index (χ1v) is 11.0. The summed E-state index contributed by atoms with van der Waals surface area (Å²) in [6.07, 6.45) is 2.88. The Labute approximate surface area is 180 Å². The van der Waals surface area contributed by atoms with Crippen LogP contribution in [-0.2, 0) is 14.4 Å². The Morgan fingerprint density at radius 1 is 1.07 bits per heavy atom. The van der Waals surface area contributed by atoms with Gasteiger partial charge in [-0.1, -0.05) is 51.1 Å². The average Bonchev–Trinajstić information content (AvgIpc) is 2.72. The molecule has 3 N–H and O–H groups in total. The monoisotopic (exact) mass is 416 g/mol. The van der Waals surface area contributed by atoms with Crippen LogP contribution in [0.2, 0.25) is 0 Å². The molecule has 0 bridgehead atoms. The van der Waals surface area contributed by atoms with Crippen LogP contribution in [0.3, 0.4) is 0 Å².